The van der Waals surface area contributed by atoms with Gasteiger partial charge in [-0.3, -0.25) is 4.79 Å². The first-order valence-corrected chi connectivity index (χ1v) is 14.3. The van der Waals surface area contributed by atoms with Crippen LogP contribution in [0.3, 0.4) is 0 Å². The fraction of sp³-hybridized carbons (Fsp3) is 0.414. The molecule has 0 atom stereocenters. The first-order valence-electron chi connectivity index (χ1n) is 13.3. The van der Waals surface area contributed by atoms with Crippen LogP contribution in [0.25, 0.3) is 0 Å². The SMILES string of the molecule is Cc1nc(SCc2ccc(C(=O)N3CCOCC3)cc2)nc(N2CCN(c3cccc(C(F)(F)F)c3)CC2)c1C. The molecule has 1 amide bonds. The van der Waals surface area contributed by atoms with Gasteiger partial charge in [-0.1, -0.05) is 30.0 Å². The molecule has 2 aliphatic rings. The number of rotatable bonds is 6. The van der Waals surface area contributed by atoms with Crippen molar-refractivity contribution in [2.24, 2.45) is 0 Å². The van der Waals surface area contributed by atoms with Gasteiger partial charge in [-0.15, -0.1) is 0 Å². The first-order chi connectivity index (χ1) is 19.2. The van der Waals surface area contributed by atoms with Gasteiger partial charge < -0.3 is 19.4 Å². The Bertz CT molecular complexity index is 1340. The van der Waals surface area contributed by atoms with Crippen LogP contribution in [-0.4, -0.2) is 73.3 Å². The Hall–Kier alpha value is -3.31. The van der Waals surface area contributed by atoms with E-state index in [-0.39, 0.29) is 5.91 Å². The highest BCUT2D eigenvalue weighted by molar-refractivity contribution is 7.98. The summed E-state index contributed by atoms with van der Waals surface area (Å²) in [6, 6.07) is 13.2. The minimum Gasteiger partial charge on any atom is -0.378 e. The van der Waals surface area contributed by atoms with Crippen LogP contribution in [0.5, 0.6) is 0 Å². The van der Waals surface area contributed by atoms with Gasteiger partial charge in [0.2, 0.25) is 0 Å². The highest BCUT2D eigenvalue weighted by Crippen LogP contribution is 2.32. The Kier molecular flexibility index (Phi) is 8.51. The summed E-state index contributed by atoms with van der Waals surface area (Å²) in [6.45, 7) is 8.84. The van der Waals surface area contributed by atoms with E-state index in [9.17, 15) is 18.0 Å². The number of hydrogen-bond acceptors (Lipinski definition) is 7. The molecule has 2 aromatic carbocycles. The predicted molar refractivity (Wildman–Crippen MR) is 150 cm³/mol. The number of piperazine rings is 1. The van der Waals surface area contributed by atoms with Crippen molar-refractivity contribution in [3.8, 4) is 0 Å². The Labute approximate surface area is 236 Å². The van der Waals surface area contributed by atoms with Crippen LogP contribution in [0.4, 0.5) is 24.7 Å². The monoisotopic (exact) mass is 571 g/mol. The summed E-state index contributed by atoms with van der Waals surface area (Å²) in [6.07, 6.45) is -4.36. The molecule has 1 aromatic heterocycles. The van der Waals surface area contributed by atoms with Gasteiger partial charge in [-0.25, -0.2) is 9.97 Å². The summed E-state index contributed by atoms with van der Waals surface area (Å²) in [7, 11) is 0. The summed E-state index contributed by atoms with van der Waals surface area (Å²) < 4.78 is 44.8. The molecule has 2 saturated heterocycles. The van der Waals surface area contributed by atoms with Gasteiger partial charge in [0.15, 0.2) is 5.16 Å². The molecule has 0 bridgehead atoms. The number of alkyl halides is 3. The molecule has 2 aliphatic heterocycles. The molecule has 0 unspecified atom stereocenters. The fourth-order valence-electron chi connectivity index (χ4n) is 4.86. The third-order valence-electron chi connectivity index (χ3n) is 7.33. The van der Waals surface area contributed by atoms with E-state index in [0.29, 0.717) is 74.6 Å². The van der Waals surface area contributed by atoms with E-state index in [1.165, 1.54) is 12.1 Å². The maximum atomic E-state index is 13.2. The summed E-state index contributed by atoms with van der Waals surface area (Å²) in [4.78, 5) is 28.2. The molecule has 0 aliphatic carbocycles. The van der Waals surface area contributed by atoms with Crippen LogP contribution >= 0.6 is 11.8 Å². The number of nitrogens with zero attached hydrogens (tertiary/aromatic N) is 5. The van der Waals surface area contributed by atoms with Gasteiger partial charge in [0.05, 0.1) is 18.8 Å². The standard InChI is InChI=1S/C29H32F3N5O2S/c1-20-21(2)33-28(40-19-22-6-8-23(9-7-22)27(38)37-14-16-39-17-15-37)34-26(20)36-12-10-35(11-13-36)25-5-3-4-24(18-25)29(30,31)32/h3-9,18H,10-17,19H2,1-2H3. The molecule has 5 rings (SSSR count). The number of anilines is 2. The average Bonchev–Trinajstić information content (AvgIpc) is 2.98. The average molecular weight is 572 g/mol. The molecule has 40 heavy (non-hydrogen) atoms. The number of carbonyl (C=O) groups is 1. The molecule has 7 nitrogen and oxygen atoms in total. The number of morpholine rings is 1. The van der Waals surface area contributed by atoms with Crippen LogP contribution in [0.2, 0.25) is 0 Å². The van der Waals surface area contributed by atoms with Gasteiger partial charge in [-0.05, 0) is 49.7 Å². The summed E-state index contributed by atoms with van der Waals surface area (Å²) in [5.74, 6) is 1.56. The molecular formula is C29H32F3N5O2S. The van der Waals surface area contributed by atoms with Crippen molar-refractivity contribution >= 4 is 29.2 Å². The number of carbonyl (C=O) groups excluding carboxylic acids is 1. The van der Waals surface area contributed by atoms with Crippen LogP contribution in [-0.2, 0) is 16.7 Å². The molecule has 2 fully saturated rings. The molecule has 0 spiro atoms. The Morgan fingerprint density at radius 2 is 1.60 bits per heavy atom. The van der Waals surface area contributed by atoms with E-state index in [0.717, 1.165) is 28.7 Å². The molecule has 0 N–H and O–H groups in total. The first kappa shape index (κ1) is 28.2. The van der Waals surface area contributed by atoms with Crippen molar-refractivity contribution < 1.29 is 22.7 Å². The second-order valence-corrected chi connectivity index (χ2v) is 10.9. The third kappa shape index (κ3) is 6.52. The Morgan fingerprint density at radius 1 is 0.925 bits per heavy atom. The van der Waals surface area contributed by atoms with E-state index in [1.54, 1.807) is 17.8 Å². The lowest BCUT2D eigenvalue weighted by atomic mass is 10.1. The van der Waals surface area contributed by atoms with Gasteiger partial charge in [0, 0.05) is 67.5 Å². The topological polar surface area (TPSA) is 61.8 Å². The molecule has 0 saturated carbocycles. The number of amides is 1. The number of ether oxygens (including phenoxy) is 1. The lowest BCUT2D eigenvalue weighted by Crippen LogP contribution is -2.47. The minimum absolute atomic E-state index is 0.0257. The molecule has 11 heteroatoms. The van der Waals surface area contributed by atoms with Crippen LogP contribution in [0.15, 0.2) is 53.7 Å². The summed E-state index contributed by atoms with van der Waals surface area (Å²) in [5.41, 5.74) is 3.60. The van der Waals surface area contributed by atoms with E-state index in [4.69, 9.17) is 9.72 Å². The zero-order valence-corrected chi connectivity index (χ0v) is 23.4. The minimum atomic E-state index is -4.36. The van der Waals surface area contributed by atoms with Crippen LogP contribution in [0, 0.1) is 13.8 Å². The van der Waals surface area contributed by atoms with E-state index >= 15 is 0 Å². The van der Waals surface area contributed by atoms with Crippen LogP contribution < -0.4 is 9.80 Å². The summed E-state index contributed by atoms with van der Waals surface area (Å²) >= 11 is 1.54. The number of hydrogen-bond donors (Lipinski definition) is 0. The molecule has 3 aromatic rings. The van der Waals surface area contributed by atoms with Gasteiger partial charge >= 0.3 is 6.18 Å². The Balaban J connectivity index is 1.21. The number of halogens is 3. The Morgan fingerprint density at radius 3 is 2.27 bits per heavy atom. The third-order valence-corrected chi connectivity index (χ3v) is 8.25. The number of aromatic nitrogens is 2. The molecular weight excluding hydrogens is 539 g/mol. The number of aryl methyl sites for hydroxylation is 1. The highest BCUT2D eigenvalue weighted by atomic mass is 32.2. The van der Waals surface area contributed by atoms with Gasteiger partial charge in [-0.2, -0.15) is 13.2 Å². The van der Waals surface area contributed by atoms with Gasteiger partial charge in [0.1, 0.15) is 5.82 Å². The summed E-state index contributed by atoms with van der Waals surface area (Å²) in [5, 5.41) is 0.673. The number of benzene rings is 2. The van der Waals surface area contributed by atoms with E-state index in [1.807, 2.05) is 47.9 Å². The maximum absolute atomic E-state index is 13.2. The molecule has 0 radical (unpaired) electrons. The normalized spacial score (nSPS) is 16.4. The van der Waals surface area contributed by atoms with Gasteiger partial charge in [0.25, 0.3) is 5.91 Å². The largest absolute Gasteiger partial charge is 0.416 e. The van der Waals surface area contributed by atoms with Crippen molar-refractivity contribution in [2.45, 2.75) is 30.9 Å². The zero-order chi connectivity index (χ0) is 28.3. The zero-order valence-electron chi connectivity index (χ0n) is 22.6. The van der Waals surface area contributed by atoms with E-state index < -0.39 is 11.7 Å². The van der Waals surface area contributed by atoms with E-state index in [2.05, 4.69) is 9.88 Å². The van der Waals surface area contributed by atoms with Crippen molar-refractivity contribution in [1.29, 1.82) is 0 Å². The quantitative estimate of drug-likeness (QED) is 0.298. The maximum Gasteiger partial charge on any atom is 0.416 e. The van der Waals surface area contributed by atoms with Crippen molar-refractivity contribution in [1.82, 2.24) is 14.9 Å². The highest BCUT2D eigenvalue weighted by Gasteiger charge is 2.31. The smallest absolute Gasteiger partial charge is 0.378 e. The second-order valence-electron chi connectivity index (χ2n) is 9.95. The van der Waals surface area contributed by atoms with Crippen LogP contribution in [0.1, 0.15) is 32.7 Å². The van der Waals surface area contributed by atoms with Crippen molar-refractivity contribution in [3.63, 3.8) is 0 Å². The lowest BCUT2D eigenvalue weighted by Gasteiger charge is -2.37. The van der Waals surface area contributed by atoms with Crippen molar-refractivity contribution in [3.05, 3.63) is 76.5 Å². The second kappa shape index (κ2) is 12.1. The molecule has 3 heterocycles. The fourth-order valence-corrected chi connectivity index (χ4v) is 5.70. The number of thioether (sulfide) groups is 1. The lowest BCUT2D eigenvalue weighted by molar-refractivity contribution is -0.137. The van der Waals surface area contributed by atoms with Crippen molar-refractivity contribution in [2.75, 3.05) is 62.3 Å². The predicted octanol–water partition coefficient (Wildman–Crippen LogP) is 5.20. The molecule has 212 valence electrons.